The molecule has 1 aliphatic rings. The molecule has 0 amide bonds. The van der Waals surface area contributed by atoms with Crippen molar-refractivity contribution in [3.63, 3.8) is 0 Å². The number of hydrogen-bond acceptors (Lipinski definition) is 4. The number of pyridine rings is 1. The van der Waals surface area contributed by atoms with Gasteiger partial charge < -0.3 is 5.73 Å². The molecule has 3 heterocycles. The number of nitrogens with zero attached hydrogens (tertiary/aromatic N) is 3. The van der Waals surface area contributed by atoms with Crippen LogP contribution in [0.3, 0.4) is 0 Å². The lowest BCUT2D eigenvalue weighted by Gasteiger charge is -2.23. The minimum absolute atomic E-state index is 0.271. The first-order chi connectivity index (χ1) is 8.59. The van der Waals surface area contributed by atoms with E-state index in [1.807, 2.05) is 30.9 Å². The van der Waals surface area contributed by atoms with Crippen LogP contribution in [0.2, 0.25) is 0 Å². The number of nitrogen functional groups attached to an aromatic ring is 1. The second-order valence-corrected chi connectivity index (χ2v) is 6.94. The Morgan fingerprint density at radius 1 is 1.56 bits per heavy atom. The van der Waals surface area contributed by atoms with E-state index in [0.717, 1.165) is 23.3 Å². The number of fused-ring (bicyclic) bond motifs is 1. The van der Waals surface area contributed by atoms with E-state index in [4.69, 9.17) is 5.73 Å². The Balaban J connectivity index is 2.06. The van der Waals surface area contributed by atoms with Crippen LogP contribution < -0.4 is 5.73 Å². The Morgan fingerprint density at radius 3 is 3.11 bits per heavy atom. The van der Waals surface area contributed by atoms with Gasteiger partial charge in [0, 0.05) is 17.5 Å². The Morgan fingerprint density at radius 2 is 2.39 bits per heavy atom. The van der Waals surface area contributed by atoms with Crippen molar-refractivity contribution in [2.24, 2.45) is 0 Å². The summed E-state index contributed by atoms with van der Waals surface area (Å²) in [5, 5.41) is 0. The Bertz CT molecular complexity index is 584. The summed E-state index contributed by atoms with van der Waals surface area (Å²) in [5.41, 5.74) is 9.05. The fourth-order valence-corrected chi connectivity index (χ4v) is 3.90. The Hall–Kier alpha value is -1.23. The second kappa shape index (κ2) is 4.16. The van der Waals surface area contributed by atoms with Crippen LogP contribution >= 0.6 is 11.8 Å². The maximum Gasteiger partial charge on any atom is 0.202 e. The number of anilines is 1. The number of aromatic nitrogens is 3. The molecule has 1 unspecified atom stereocenters. The van der Waals surface area contributed by atoms with Gasteiger partial charge in [0.1, 0.15) is 5.52 Å². The number of imidazole rings is 1. The van der Waals surface area contributed by atoms with E-state index in [9.17, 15) is 0 Å². The lowest BCUT2D eigenvalue weighted by molar-refractivity contribution is 0.520. The summed E-state index contributed by atoms with van der Waals surface area (Å²) in [4.78, 5) is 8.90. The third kappa shape index (κ3) is 1.86. The van der Waals surface area contributed by atoms with Crippen molar-refractivity contribution in [3.05, 3.63) is 17.8 Å². The van der Waals surface area contributed by atoms with E-state index in [1.165, 1.54) is 18.6 Å². The standard InChI is InChI=1S/C13H18N4S/c1-9-4-6-15-11-10(9)16-12(14)17(11)8-13(2)5-3-7-18-13/h4,6H,3,5,7-8H2,1-2H3,(H2,14,16). The quantitative estimate of drug-likeness (QED) is 0.904. The van der Waals surface area contributed by atoms with Crippen LogP contribution in [0.1, 0.15) is 25.3 Å². The fourth-order valence-electron chi connectivity index (χ4n) is 2.61. The first kappa shape index (κ1) is 11.8. The maximum atomic E-state index is 6.06. The van der Waals surface area contributed by atoms with Crippen molar-refractivity contribution < 1.29 is 0 Å². The van der Waals surface area contributed by atoms with Crippen LogP contribution in [0.5, 0.6) is 0 Å². The number of nitrogens with two attached hydrogens (primary N) is 1. The zero-order valence-electron chi connectivity index (χ0n) is 10.8. The molecule has 96 valence electrons. The molecule has 2 aromatic rings. The van der Waals surface area contributed by atoms with Crippen LogP contribution in [0, 0.1) is 6.92 Å². The molecule has 0 saturated carbocycles. The van der Waals surface area contributed by atoms with E-state index in [2.05, 4.69) is 21.5 Å². The van der Waals surface area contributed by atoms with Crippen LogP contribution in [-0.2, 0) is 6.54 Å². The van der Waals surface area contributed by atoms with Crippen molar-refractivity contribution in [1.29, 1.82) is 0 Å². The third-order valence-electron chi connectivity index (χ3n) is 3.66. The highest BCUT2D eigenvalue weighted by Crippen LogP contribution is 2.40. The lowest BCUT2D eigenvalue weighted by Crippen LogP contribution is -2.24. The molecule has 4 nitrogen and oxygen atoms in total. The topological polar surface area (TPSA) is 56.7 Å². The van der Waals surface area contributed by atoms with Gasteiger partial charge in [-0.15, -0.1) is 0 Å². The number of thioether (sulfide) groups is 1. The Labute approximate surface area is 111 Å². The first-order valence-electron chi connectivity index (χ1n) is 6.30. The number of hydrogen-bond donors (Lipinski definition) is 1. The number of rotatable bonds is 2. The molecule has 18 heavy (non-hydrogen) atoms. The molecule has 1 atom stereocenters. The smallest absolute Gasteiger partial charge is 0.202 e. The zero-order valence-corrected chi connectivity index (χ0v) is 11.6. The van der Waals surface area contributed by atoms with Gasteiger partial charge in [-0.1, -0.05) is 0 Å². The number of aryl methyl sites for hydroxylation is 1. The molecule has 0 aromatic carbocycles. The second-order valence-electron chi connectivity index (χ2n) is 5.26. The fraction of sp³-hybridized carbons (Fsp3) is 0.538. The maximum absolute atomic E-state index is 6.06. The molecule has 1 fully saturated rings. The first-order valence-corrected chi connectivity index (χ1v) is 7.29. The molecular formula is C13H18N4S. The summed E-state index contributed by atoms with van der Waals surface area (Å²) >= 11 is 2.03. The van der Waals surface area contributed by atoms with Gasteiger partial charge in [-0.2, -0.15) is 11.8 Å². The molecule has 2 N–H and O–H groups in total. The van der Waals surface area contributed by atoms with Gasteiger partial charge in [-0.3, -0.25) is 4.57 Å². The molecular weight excluding hydrogens is 244 g/mol. The predicted molar refractivity (Wildman–Crippen MR) is 76.8 cm³/mol. The van der Waals surface area contributed by atoms with Crippen LogP contribution in [0.15, 0.2) is 12.3 Å². The van der Waals surface area contributed by atoms with E-state index >= 15 is 0 Å². The van der Waals surface area contributed by atoms with Crippen molar-refractivity contribution in [2.45, 2.75) is 38.0 Å². The van der Waals surface area contributed by atoms with Crippen LogP contribution in [0.25, 0.3) is 11.2 Å². The molecule has 0 bridgehead atoms. The molecule has 0 radical (unpaired) electrons. The van der Waals surface area contributed by atoms with E-state index in [0.29, 0.717) is 5.95 Å². The average Bonchev–Trinajstić information content (AvgIpc) is 2.88. The summed E-state index contributed by atoms with van der Waals surface area (Å²) in [7, 11) is 0. The normalized spacial score (nSPS) is 23.9. The summed E-state index contributed by atoms with van der Waals surface area (Å²) in [6, 6.07) is 1.98. The van der Waals surface area contributed by atoms with Gasteiger partial charge >= 0.3 is 0 Å². The third-order valence-corrected chi connectivity index (χ3v) is 5.18. The molecule has 0 aliphatic carbocycles. The molecule has 0 spiro atoms. The highest BCUT2D eigenvalue weighted by atomic mass is 32.2. The van der Waals surface area contributed by atoms with Crippen LogP contribution in [0.4, 0.5) is 5.95 Å². The molecule has 2 aromatic heterocycles. The molecule has 5 heteroatoms. The summed E-state index contributed by atoms with van der Waals surface area (Å²) in [6.07, 6.45) is 4.36. The summed E-state index contributed by atoms with van der Waals surface area (Å²) < 4.78 is 2.34. The highest BCUT2D eigenvalue weighted by molar-refractivity contribution is 8.00. The van der Waals surface area contributed by atoms with Gasteiger partial charge in [0.05, 0.1) is 0 Å². The van der Waals surface area contributed by atoms with Gasteiger partial charge in [0.25, 0.3) is 0 Å². The zero-order chi connectivity index (χ0) is 12.8. The molecule has 1 aliphatic heterocycles. The van der Waals surface area contributed by atoms with Crippen molar-refractivity contribution in [3.8, 4) is 0 Å². The summed E-state index contributed by atoms with van der Waals surface area (Å²) in [6.45, 7) is 5.26. The summed E-state index contributed by atoms with van der Waals surface area (Å²) in [5.74, 6) is 1.83. The van der Waals surface area contributed by atoms with Gasteiger partial charge in [-0.05, 0) is 44.1 Å². The minimum atomic E-state index is 0.271. The van der Waals surface area contributed by atoms with Gasteiger partial charge in [0.15, 0.2) is 5.65 Å². The van der Waals surface area contributed by atoms with Crippen LogP contribution in [-0.4, -0.2) is 25.0 Å². The molecule has 1 saturated heterocycles. The van der Waals surface area contributed by atoms with Crippen molar-refractivity contribution >= 4 is 28.9 Å². The predicted octanol–water partition coefficient (Wildman–Crippen LogP) is 2.61. The van der Waals surface area contributed by atoms with E-state index < -0.39 is 0 Å². The Kier molecular flexibility index (Phi) is 2.73. The lowest BCUT2D eigenvalue weighted by atomic mass is 10.1. The van der Waals surface area contributed by atoms with Gasteiger partial charge in [-0.25, -0.2) is 9.97 Å². The highest BCUT2D eigenvalue weighted by Gasteiger charge is 2.31. The monoisotopic (exact) mass is 262 g/mol. The van der Waals surface area contributed by atoms with Crippen molar-refractivity contribution in [1.82, 2.24) is 14.5 Å². The van der Waals surface area contributed by atoms with Gasteiger partial charge in [0.2, 0.25) is 5.95 Å². The van der Waals surface area contributed by atoms with E-state index in [1.54, 1.807) is 0 Å². The largest absolute Gasteiger partial charge is 0.369 e. The SMILES string of the molecule is Cc1ccnc2c1nc(N)n2CC1(C)CCCS1. The average molecular weight is 262 g/mol. The minimum Gasteiger partial charge on any atom is -0.369 e. The molecule has 3 rings (SSSR count). The van der Waals surface area contributed by atoms with E-state index in [-0.39, 0.29) is 4.75 Å². The van der Waals surface area contributed by atoms with Crippen molar-refractivity contribution in [2.75, 3.05) is 11.5 Å².